The van der Waals surface area contributed by atoms with Crippen molar-refractivity contribution in [2.24, 2.45) is 0 Å². The monoisotopic (exact) mass is 369 g/mol. The van der Waals surface area contributed by atoms with Gasteiger partial charge in [-0.15, -0.1) is 0 Å². The number of aromatic amines is 1. The van der Waals surface area contributed by atoms with Crippen LogP contribution in [0.25, 0.3) is 0 Å². The highest BCUT2D eigenvalue weighted by Crippen LogP contribution is 2.21. The van der Waals surface area contributed by atoms with E-state index in [9.17, 15) is 4.79 Å². The van der Waals surface area contributed by atoms with Crippen molar-refractivity contribution in [3.05, 3.63) is 82.9 Å². The lowest BCUT2D eigenvalue weighted by molar-refractivity contribution is -0.123. The number of H-pyrrole nitrogens is 1. The zero-order chi connectivity index (χ0) is 18.4. The summed E-state index contributed by atoms with van der Waals surface area (Å²) >= 11 is 6.00. The molecule has 1 amide bonds. The molecule has 26 heavy (non-hydrogen) atoms. The highest BCUT2D eigenvalue weighted by molar-refractivity contribution is 6.31. The lowest BCUT2D eigenvalue weighted by atomic mass is 10.0. The summed E-state index contributed by atoms with van der Waals surface area (Å²) in [6.07, 6.45) is 4.04. The van der Waals surface area contributed by atoms with Crippen LogP contribution >= 0.6 is 11.6 Å². The van der Waals surface area contributed by atoms with E-state index in [1.165, 1.54) is 0 Å². The molecular formula is C20H20ClN3O2. The Bertz CT molecular complexity index is 851. The molecule has 3 aromatic rings. The highest BCUT2D eigenvalue weighted by Gasteiger charge is 2.16. The number of carbonyl (C=O) groups excluding carboxylic acids is 1. The number of benzene rings is 2. The van der Waals surface area contributed by atoms with E-state index < -0.39 is 0 Å². The van der Waals surface area contributed by atoms with Gasteiger partial charge in [-0.2, -0.15) is 0 Å². The van der Waals surface area contributed by atoms with Crippen LogP contribution in [-0.4, -0.2) is 22.5 Å². The van der Waals surface area contributed by atoms with Crippen LogP contribution in [0.5, 0.6) is 5.75 Å². The number of imidazole rings is 1. The van der Waals surface area contributed by atoms with Gasteiger partial charge in [-0.1, -0.05) is 41.9 Å². The lowest BCUT2D eigenvalue weighted by Gasteiger charge is -2.18. The Morgan fingerprint density at radius 1 is 1.27 bits per heavy atom. The van der Waals surface area contributed by atoms with Crippen molar-refractivity contribution in [2.75, 3.05) is 6.61 Å². The number of hydrogen-bond donors (Lipinski definition) is 2. The molecule has 0 radical (unpaired) electrons. The summed E-state index contributed by atoms with van der Waals surface area (Å²) in [5.74, 6) is 1.23. The van der Waals surface area contributed by atoms with Crippen molar-refractivity contribution in [1.82, 2.24) is 15.3 Å². The number of nitrogens with one attached hydrogen (secondary N) is 2. The zero-order valence-corrected chi connectivity index (χ0v) is 15.2. The Balaban J connectivity index is 1.64. The molecule has 0 unspecified atom stereocenters. The number of rotatable bonds is 7. The average molecular weight is 370 g/mol. The second-order valence-electron chi connectivity index (χ2n) is 5.97. The number of aromatic nitrogens is 2. The maximum atomic E-state index is 12.4. The number of aryl methyl sites for hydroxylation is 1. The normalized spacial score (nSPS) is 11.8. The molecule has 6 heteroatoms. The topological polar surface area (TPSA) is 67.0 Å². The molecule has 1 aromatic heterocycles. The van der Waals surface area contributed by atoms with E-state index in [1.807, 2.05) is 43.3 Å². The SMILES string of the molecule is Cc1cc(OCC(=O)N[C@H](Cc2ncc[nH]2)c2ccccc2)ccc1Cl. The Kier molecular flexibility index (Phi) is 5.92. The van der Waals surface area contributed by atoms with Crippen molar-refractivity contribution >= 4 is 17.5 Å². The number of halogens is 1. The van der Waals surface area contributed by atoms with Crippen LogP contribution in [-0.2, 0) is 11.2 Å². The van der Waals surface area contributed by atoms with Crippen LogP contribution in [0.2, 0.25) is 5.02 Å². The van der Waals surface area contributed by atoms with Gasteiger partial charge in [0.1, 0.15) is 11.6 Å². The van der Waals surface area contributed by atoms with E-state index in [4.69, 9.17) is 16.3 Å². The third-order valence-electron chi connectivity index (χ3n) is 3.99. The predicted octanol–water partition coefficient (Wildman–Crippen LogP) is 3.85. The molecule has 0 aliphatic heterocycles. The van der Waals surface area contributed by atoms with Crippen LogP contribution in [0.15, 0.2) is 60.9 Å². The van der Waals surface area contributed by atoms with E-state index in [0.717, 1.165) is 17.0 Å². The van der Waals surface area contributed by atoms with Crippen LogP contribution in [0, 0.1) is 6.92 Å². The van der Waals surface area contributed by atoms with Gasteiger partial charge >= 0.3 is 0 Å². The van der Waals surface area contributed by atoms with Crippen molar-refractivity contribution in [3.63, 3.8) is 0 Å². The van der Waals surface area contributed by atoms with Gasteiger partial charge in [0.25, 0.3) is 5.91 Å². The van der Waals surface area contributed by atoms with Crippen molar-refractivity contribution in [1.29, 1.82) is 0 Å². The lowest BCUT2D eigenvalue weighted by Crippen LogP contribution is -2.34. The highest BCUT2D eigenvalue weighted by atomic mass is 35.5. The molecule has 0 aliphatic rings. The summed E-state index contributed by atoms with van der Waals surface area (Å²) in [5.41, 5.74) is 1.92. The van der Waals surface area contributed by atoms with Crippen LogP contribution < -0.4 is 10.1 Å². The summed E-state index contributed by atoms with van der Waals surface area (Å²) in [4.78, 5) is 19.7. The first-order valence-corrected chi connectivity index (χ1v) is 8.71. The largest absolute Gasteiger partial charge is 0.484 e. The summed E-state index contributed by atoms with van der Waals surface area (Å²) in [6, 6.07) is 14.9. The van der Waals surface area contributed by atoms with E-state index >= 15 is 0 Å². The summed E-state index contributed by atoms with van der Waals surface area (Å²) in [7, 11) is 0. The van der Waals surface area contributed by atoms with Crippen molar-refractivity contribution < 1.29 is 9.53 Å². The van der Waals surface area contributed by atoms with Crippen LogP contribution in [0.3, 0.4) is 0 Å². The van der Waals surface area contributed by atoms with Gasteiger partial charge in [0.15, 0.2) is 6.61 Å². The first kappa shape index (κ1) is 18.0. The second-order valence-corrected chi connectivity index (χ2v) is 6.38. The maximum Gasteiger partial charge on any atom is 0.258 e. The molecule has 1 heterocycles. The molecule has 0 saturated carbocycles. The van der Waals surface area contributed by atoms with E-state index in [1.54, 1.807) is 24.5 Å². The van der Waals surface area contributed by atoms with Gasteiger partial charge in [-0.3, -0.25) is 4.79 Å². The van der Waals surface area contributed by atoms with Gasteiger partial charge in [-0.25, -0.2) is 4.98 Å². The Morgan fingerprint density at radius 3 is 2.77 bits per heavy atom. The molecule has 5 nitrogen and oxygen atoms in total. The minimum atomic E-state index is -0.196. The Labute approximate surface area is 157 Å². The van der Waals surface area contributed by atoms with Crippen LogP contribution in [0.4, 0.5) is 0 Å². The van der Waals surface area contributed by atoms with Crippen molar-refractivity contribution in [3.8, 4) is 5.75 Å². The fourth-order valence-corrected chi connectivity index (χ4v) is 2.75. The number of nitrogens with zero attached hydrogens (tertiary/aromatic N) is 1. The molecule has 2 N–H and O–H groups in total. The summed E-state index contributed by atoms with van der Waals surface area (Å²) in [6.45, 7) is 1.83. The standard InChI is InChI=1S/C20H20ClN3O2/c1-14-11-16(7-8-17(14)21)26-13-20(25)24-18(12-19-22-9-10-23-19)15-5-3-2-4-6-15/h2-11,18H,12-13H2,1H3,(H,22,23)(H,24,25)/t18-/m1/s1. The molecule has 0 aliphatic carbocycles. The molecule has 1 atom stereocenters. The van der Waals surface area contributed by atoms with Gasteiger partial charge < -0.3 is 15.0 Å². The molecule has 134 valence electrons. The second kappa shape index (κ2) is 8.54. The average Bonchev–Trinajstić information content (AvgIpc) is 3.16. The third kappa shape index (κ3) is 4.86. The van der Waals surface area contributed by atoms with Gasteiger partial charge in [-0.05, 0) is 36.2 Å². The Morgan fingerprint density at radius 2 is 2.08 bits per heavy atom. The molecule has 0 fully saturated rings. The van der Waals surface area contributed by atoms with Gasteiger partial charge in [0.2, 0.25) is 0 Å². The van der Waals surface area contributed by atoms with E-state index in [-0.39, 0.29) is 18.6 Å². The third-order valence-corrected chi connectivity index (χ3v) is 4.41. The van der Waals surface area contributed by atoms with Crippen LogP contribution in [0.1, 0.15) is 23.0 Å². The fraction of sp³-hybridized carbons (Fsp3) is 0.200. The number of carbonyl (C=O) groups is 1. The zero-order valence-electron chi connectivity index (χ0n) is 14.4. The molecule has 2 aromatic carbocycles. The van der Waals surface area contributed by atoms with Crippen molar-refractivity contribution in [2.45, 2.75) is 19.4 Å². The van der Waals surface area contributed by atoms with E-state index in [0.29, 0.717) is 17.2 Å². The first-order chi connectivity index (χ1) is 12.6. The predicted molar refractivity (Wildman–Crippen MR) is 101 cm³/mol. The molecular weight excluding hydrogens is 350 g/mol. The number of amides is 1. The minimum Gasteiger partial charge on any atom is -0.484 e. The quantitative estimate of drug-likeness (QED) is 0.664. The first-order valence-electron chi connectivity index (χ1n) is 8.33. The smallest absolute Gasteiger partial charge is 0.258 e. The fourth-order valence-electron chi connectivity index (χ4n) is 2.63. The number of ether oxygens (including phenoxy) is 1. The maximum absolute atomic E-state index is 12.4. The molecule has 0 bridgehead atoms. The minimum absolute atomic E-state index is 0.0669. The molecule has 0 spiro atoms. The molecule has 0 saturated heterocycles. The summed E-state index contributed by atoms with van der Waals surface area (Å²) < 4.78 is 5.58. The molecule has 3 rings (SSSR count). The van der Waals surface area contributed by atoms with E-state index in [2.05, 4.69) is 15.3 Å². The van der Waals surface area contributed by atoms with Gasteiger partial charge in [0, 0.05) is 23.8 Å². The number of hydrogen-bond acceptors (Lipinski definition) is 3. The summed E-state index contributed by atoms with van der Waals surface area (Å²) in [5, 5.41) is 3.69. The van der Waals surface area contributed by atoms with Gasteiger partial charge in [0.05, 0.1) is 6.04 Å². The Hall–Kier alpha value is -2.79.